The van der Waals surface area contributed by atoms with Gasteiger partial charge < -0.3 is 15.0 Å². The molecule has 1 saturated heterocycles. The van der Waals surface area contributed by atoms with Gasteiger partial charge in [0.2, 0.25) is 11.9 Å². The van der Waals surface area contributed by atoms with Crippen molar-refractivity contribution in [3.8, 4) is 0 Å². The molecule has 2 aromatic heterocycles. The Morgan fingerprint density at radius 1 is 1.41 bits per heavy atom. The Kier molecular flexibility index (Phi) is 6.23. The molecule has 2 N–H and O–H groups in total. The van der Waals surface area contributed by atoms with Gasteiger partial charge in [0.25, 0.3) is 5.56 Å². The van der Waals surface area contributed by atoms with Gasteiger partial charge in [0, 0.05) is 49.2 Å². The Morgan fingerprint density at radius 3 is 2.85 bits per heavy atom. The summed E-state index contributed by atoms with van der Waals surface area (Å²) in [6.45, 7) is 7.01. The summed E-state index contributed by atoms with van der Waals surface area (Å²) in [5, 5.41) is 7.06. The maximum Gasteiger partial charge on any atom is 0.255 e. The van der Waals surface area contributed by atoms with E-state index in [1.165, 1.54) is 0 Å². The highest BCUT2D eigenvalue weighted by Crippen LogP contribution is 2.11. The van der Waals surface area contributed by atoms with E-state index in [0.29, 0.717) is 56.5 Å². The van der Waals surface area contributed by atoms with Crippen molar-refractivity contribution < 1.29 is 9.53 Å². The van der Waals surface area contributed by atoms with E-state index < -0.39 is 0 Å². The number of aromatic nitrogens is 4. The quantitative estimate of drug-likeness (QED) is 0.720. The maximum atomic E-state index is 12.5. The molecule has 1 aliphatic rings. The topological polar surface area (TPSA) is 105 Å². The number of hydrogen-bond donors (Lipinski definition) is 2. The third-order valence-electron chi connectivity index (χ3n) is 4.55. The molecule has 1 aliphatic heterocycles. The van der Waals surface area contributed by atoms with Crippen molar-refractivity contribution in [2.24, 2.45) is 0 Å². The van der Waals surface area contributed by atoms with Crippen molar-refractivity contribution in [2.45, 2.75) is 39.3 Å². The fourth-order valence-corrected chi connectivity index (χ4v) is 3.14. The van der Waals surface area contributed by atoms with Gasteiger partial charge in [0.15, 0.2) is 0 Å². The zero-order valence-corrected chi connectivity index (χ0v) is 15.8. The van der Waals surface area contributed by atoms with Crippen LogP contribution in [0.5, 0.6) is 0 Å². The molecule has 27 heavy (non-hydrogen) atoms. The first kappa shape index (κ1) is 19.1. The number of carbonyl (C=O) groups excluding carboxylic acids is 1. The van der Waals surface area contributed by atoms with Crippen molar-refractivity contribution in [1.82, 2.24) is 25.1 Å². The van der Waals surface area contributed by atoms with Gasteiger partial charge >= 0.3 is 0 Å². The molecule has 1 amide bonds. The molecule has 3 heterocycles. The van der Waals surface area contributed by atoms with E-state index in [1.807, 2.05) is 31.0 Å². The molecular weight excluding hydrogens is 348 g/mol. The summed E-state index contributed by atoms with van der Waals surface area (Å²) in [5.41, 5.74) is 1.04. The maximum absolute atomic E-state index is 12.5. The third-order valence-corrected chi connectivity index (χ3v) is 4.55. The highest BCUT2D eigenvalue weighted by atomic mass is 16.5. The van der Waals surface area contributed by atoms with Crippen molar-refractivity contribution >= 4 is 11.9 Å². The SMILES string of the molecule is Cc1nc(N2CCOCC2)[nH]c(=O)c1CCC(=O)N[C@H](C)Cn1cccn1. The van der Waals surface area contributed by atoms with E-state index in [0.717, 1.165) is 0 Å². The number of nitrogens with zero attached hydrogens (tertiary/aromatic N) is 4. The molecule has 0 radical (unpaired) electrons. The molecule has 1 atom stereocenters. The molecule has 9 nitrogen and oxygen atoms in total. The summed E-state index contributed by atoms with van der Waals surface area (Å²) < 4.78 is 7.10. The Balaban J connectivity index is 1.55. The van der Waals surface area contributed by atoms with Crippen LogP contribution < -0.4 is 15.8 Å². The first-order chi connectivity index (χ1) is 13.0. The van der Waals surface area contributed by atoms with Gasteiger partial charge in [0.1, 0.15) is 0 Å². The molecule has 9 heteroatoms. The first-order valence-corrected chi connectivity index (χ1v) is 9.22. The predicted molar refractivity (Wildman–Crippen MR) is 101 cm³/mol. The van der Waals surface area contributed by atoms with Crippen molar-refractivity contribution in [2.75, 3.05) is 31.2 Å². The van der Waals surface area contributed by atoms with E-state index in [-0.39, 0.29) is 23.9 Å². The number of amides is 1. The lowest BCUT2D eigenvalue weighted by molar-refractivity contribution is -0.121. The number of ether oxygens (including phenoxy) is 1. The van der Waals surface area contributed by atoms with Crippen LogP contribution in [0.4, 0.5) is 5.95 Å². The predicted octanol–water partition coefficient (Wildman–Crippen LogP) is 0.249. The Morgan fingerprint density at radius 2 is 2.19 bits per heavy atom. The Bertz CT molecular complexity index is 811. The molecule has 3 rings (SSSR count). The van der Waals surface area contributed by atoms with Crippen LogP contribution in [-0.2, 0) is 22.5 Å². The van der Waals surface area contributed by atoms with Gasteiger partial charge in [0.05, 0.1) is 19.8 Å². The van der Waals surface area contributed by atoms with Gasteiger partial charge in [-0.25, -0.2) is 4.98 Å². The molecule has 0 spiro atoms. The molecule has 1 fully saturated rings. The van der Waals surface area contributed by atoms with Crippen molar-refractivity contribution in [3.63, 3.8) is 0 Å². The lowest BCUT2D eigenvalue weighted by Gasteiger charge is -2.27. The Hall–Kier alpha value is -2.68. The van der Waals surface area contributed by atoms with Crippen LogP contribution in [-0.4, -0.2) is 58.0 Å². The fourth-order valence-electron chi connectivity index (χ4n) is 3.14. The van der Waals surface area contributed by atoms with Crippen LogP contribution in [0.2, 0.25) is 0 Å². The normalized spacial score (nSPS) is 15.6. The highest BCUT2D eigenvalue weighted by molar-refractivity contribution is 5.76. The second-order valence-electron chi connectivity index (χ2n) is 6.75. The van der Waals surface area contributed by atoms with Gasteiger partial charge in [-0.3, -0.25) is 19.3 Å². The lowest BCUT2D eigenvalue weighted by atomic mass is 10.1. The summed E-state index contributed by atoms with van der Waals surface area (Å²) in [4.78, 5) is 34.0. The smallest absolute Gasteiger partial charge is 0.255 e. The standard InChI is InChI=1S/C18H26N6O3/c1-13(12-24-7-3-6-19-24)20-16(25)5-4-15-14(2)21-18(22-17(15)26)23-8-10-27-11-9-23/h3,6-7,13H,4-5,8-12H2,1-2H3,(H,20,25)(H,21,22,26)/t13-/m1/s1. The number of rotatable bonds is 7. The number of hydrogen-bond acceptors (Lipinski definition) is 6. The van der Waals surface area contributed by atoms with Crippen LogP contribution in [0.15, 0.2) is 23.3 Å². The third kappa shape index (κ3) is 5.16. The summed E-state index contributed by atoms with van der Waals surface area (Å²) in [5.74, 6) is 0.479. The minimum atomic E-state index is -0.179. The molecule has 0 aliphatic carbocycles. The number of nitrogens with one attached hydrogen (secondary N) is 2. The highest BCUT2D eigenvalue weighted by Gasteiger charge is 2.17. The molecule has 0 saturated carbocycles. The molecular formula is C18H26N6O3. The van der Waals surface area contributed by atoms with Gasteiger partial charge in [-0.2, -0.15) is 5.10 Å². The van der Waals surface area contributed by atoms with Crippen molar-refractivity contribution in [3.05, 3.63) is 40.1 Å². The second kappa shape index (κ2) is 8.81. The molecule has 0 unspecified atom stereocenters. The first-order valence-electron chi connectivity index (χ1n) is 9.22. The number of morpholine rings is 1. The van der Waals surface area contributed by atoms with Gasteiger partial charge in [-0.1, -0.05) is 0 Å². The monoisotopic (exact) mass is 374 g/mol. The minimum Gasteiger partial charge on any atom is -0.378 e. The Labute approximate surface area is 157 Å². The zero-order valence-electron chi connectivity index (χ0n) is 15.8. The average molecular weight is 374 g/mol. The van der Waals surface area contributed by atoms with Gasteiger partial charge in [-0.05, 0) is 26.3 Å². The van der Waals surface area contributed by atoms with Crippen LogP contribution >= 0.6 is 0 Å². The summed E-state index contributed by atoms with van der Waals surface area (Å²) in [6, 6.07) is 1.80. The largest absolute Gasteiger partial charge is 0.378 e. The van der Waals surface area contributed by atoms with Crippen LogP contribution in [0.3, 0.4) is 0 Å². The van der Waals surface area contributed by atoms with E-state index in [2.05, 4.69) is 20.4 Å². The number of H-pyrrole nitrogens is 1. The second-order valence-corrected chi connectivity index (χ2v) is 6.75. The molecule has 146 valence electrons. The minimum absolute atomic E-state index is 0.0430. The van der Waals surface area contributed by atoms with Gasteiger partial charge in [-0.15, -0.1) is 0 Å². The van der Waals surface area contributed by atoms with E-state index in [1.54, 1.807) is 10.9 Å². The van der Waals surface area contributed by atoms with E-state index in [4.69, 9.17) is 4.74 Å². The van der Waals surface area contributed by atoms with Crippen LogP contribution in [0, 0.1) is 6.92 Å². The summed E-state index contributed by atoms with van der Waals surface area (Å²) in [6.07, 6.45) is 4.16. The number of carbonyl (C=O) groups is 1. The van der Waals surface area contributed by atoms with Crippen molar-refractivity contribution in [1.29, 1.82) is 0 Å². The summed E-state index contributed by atoms with van der Waals surface area (Å²) in [7, 11) is 0. The van der Waals surface area contributed by atoms with E-state index >= 15 is 0 Å². The molecule has 2 aromatic rings. The molecule has 0 bridgehead atoms. The van der Waals surface area contributed by atoms with Crippen LogP contribution in [0.1, 0.15) is 24.6 Å². The molecule has 0 aromatic carbocycles. The van der Waals surface area contributed by atoms with E-state index in [9.17, 15) is 9.59 Å². The average Bonchev–Trinajstić information content (AvgIpc) is 3.14. The number of aryl methyl sites for hydroxylation is 1. The lowest BCUT2D eigenvalue weighted by Crippen LogP contribution is -2.39. The summed E-state index contributed by atoms with van der Waals surface area (Å²) >= 11 is 0. The fraction of sp³-hybridized carbons (Fsp3) is 0.556. The van der Waals surface area contributed by atoms with Crippen LogP contribution in [0.25, 0.3) is 0 Å². The number of anilines is 1. The zero-order chi connectivity index (χ0) is 19.2. The number of aromatic amines is 1.